The third-order valence-corrected chi connectivity index (χ3v) is 8.24. The Kier molecular flexibility index (Phi) is 7.10. The van der Waals surface area contributed by atoms with Gasteiger partial charge in [0.2, 0.25) is 11.8 Å². The highest BCUT2D eigenvalue weighted by Gasteiger charge is 2.26. The Bertz CT molecular complexity index is 1400. The lowest BCUT2D eigenvalue weighted by atomic mass is 9.85. The van der Waals surface area contributed by atoms with Crippen LogP contribution in [0.2, 0.25) is 0 Å². The number of sulfonamides is 1. The summed E-state index contributed by atoms with van der Waals surface area (Å²) in [7, 11) is -4.16. The van der Waals surface area contributed by atoms with Gasteiger partial charge in [-0.1, -0.05) is 56.4 Å². The minimum atomic E-state index is -4.16. The van der Waals surface area contributed by atoms with E-state index in [1.165, 1.54) is 37.5 Å². The van der Waals surface area contributed by atoms with Gasteiger partial charge in [0.25, 0.3) is 15.9 Å². The molecule has 5 rings (SSSR count). The van der Waals surface area contributed by atoms with Gasteiger partial charge in [0, 0.05) is 11.6 Å². The number of hydrogen-bond donors (Lipinski definition) is 2. The highest BCUT2D eigenvalue weighted by Crippen LogP contribution is 2.30. The summed E-state index contributed by atoms with van der Waals surface area (Å²) < 4.78 is 34.9. The van der Waals surface area contributed by atoms with Crippen molar-refractivity contribution in [3.8, 4) is 17.1 Å². The Hall–Kier alpha value is -3.53. The van der Waals surface area contributed by atoms with Gasteiger partial charge in [-0.2, -0.15) is 13.4 Å². The predicted octanol–water partition coefficient (Wildman–Crippen LogP) is 4.42. The van der Waals surface area contributed by atoms with Gasteiger partial charge in [-0.05, 0) is 49.4 Å². The minimum absolute atomic E-state index is 0.0274. The maximum absolute atomic E-state index is 13.2. The average molecular weight is 522 g/mol. The number of benzene rings is 1. The van der Waals surface area contributed by atoms with Crippen molar-refractivity contribution in [1.82, 2.24) is 20.3 Å². The Balaban J connectivity index is 1.57. The molecule has 1 aromatic carbocycles. The number of anilines is 1. The number of hydrogen-bond acceptors (Lipinski definition) is 7. The van der Waals surface area contributed by atoms with Gasteiger partial charge in [0.1, 0.15) is 12.3 Å². The molecular formula is C27H31N5O4S. The van der Waals surface area contributed by atoms with Crippen molar-refractivity contribution in [2.24, 2.45) is 5.92 Å². The number of aryl methyl sites for hydroxylation is 2. The van der Waals surface area contributed by atoms with E-state index in [-0.39, 0.29) is 35.2 Å². The summed E-state index contributed by atoms with van der Waals surface area (Å²) in [5.41, 5.74) is 3.44. The highest BCUT2D eigenvalue weighted by molar-refractivity contribution is 7.92. The number of fused-ring (bicyclic) bond motifs is 4. The third-order valence-electron chi connectivity index (χ3n) is 7.01. The van der Waals surface area contributed by atoms with E-state index in [0.717, 1.165) is 36.0 Å². The fraction of sp³-hybridized carbons (Fsp3) is 0.407. The van der Waals surface area contributed by atoms with E-state index >= 15 is 0 Å². The number of aromatic nitrogens is 3. The van der Waals surface area contributed by atoms with E-state index in [1.807, 2.05) is 32.0 Å². The number of nitrogens with zero attached hydrogens (tertiary/aromatic N) is 3. The molecule has 1 saturated carbocycles. The van der Waals surface area contributed by atoms with Gasteiger partial charge in [0.15, 0.2) is 5.03 Å². The van der Waals surface area contributed by atoms with E-state index in [1.54, 1.807) is 6.07 Å². The molecule has 1 amide bonds. The summed E-state index contributed by atoms with van der Waals surface area (Å²) in [4.78, 5) is 26.1. The summed E-state index contributed by atoms with van der Waals surface area (Å²) in [6.45, 7) is 4.14. The maximum Gasteiger partial charge on any atom is 0.281 e. The fourth-order valence-electron chi connectivity index (χ4n) is 5.19. The number of ether oxygens (including phenoxy) is 1. The molecule has 1 aliphatic carbocycles. The molecular weight excluding hydrogens is 490 g/mol. The highest BCUT2D eigenvalue weighted by atomic mass is 32.2. The average Bonchev–Trinajstić information content (AvgIpc) is 2.87. The van der Waals surface area contributed by atoms with Crippen molar-refractivity contribution >= 4 is 21.9 Å². The van der Waals surface area contributed by atoms with Crippen molar-refractivity contribution in [3.05, 3.63) is 59.3 Å². The van der Waals surface area contributed by atoms with Gasteiger partial charge >= 0.3 is 0 Å². The summed E-state index contributed by atoms with van der Waals surface area (Å²) >= 11 is 0. The van der Waals surface area contributed by atoms with Gasteiger partial charge in [-0.3, -0.25) is 4.79 Å². The first-order valence-corrected chi connectivity index (χ1v) is 14.2. The molecule has 0 spiro atoms. The van der Waals surface area contributed by atoms with Gasteiger partial charge < -0.3 is 10.1 Å². The van der Waals surface area contributed by atoms with Crippen LogP contribution in [0.15, 0.2) is 47.5 Å². The van der Waals surface area contributed by atoms with Crippen LogP contribution in [0.25, 0.3) is 11.3 Å². The van der Waals surface area contributed by atoms with Crippen LogP contribution < -0.4 is 14.8 Å². The maximum atomic E-state index is 13.2. The smallest absolute Gasteiger partial charge is 0.281 e. The molecule has 4 bridgehead atoms. The van der Waals surface area contributed by atoms with Crippen LogP contribution in [-0.2, 0) is 10.0 Å². The van der Waals surface area contributed by atoms with Crippen LogP contribution in [0.3, 0.4) is 0 Å². The first-order valence-electron chi connectivity index (χ1n) is 12.7. The van der Waals surface area contributed by atoms with E-state index in [2.05, 4.69) is 25.0 Å². The molecule has 3 aromatic rings. The van der Waals surface area contributed by atoms with Crippen LogP contribution in [0.5, 0.6) is 5.88 Å². The molecule has 0 radical (unpaired) electrons. The summed E-state index contributed by atoms with van der Waals surface area (Å²) in [5.74, 6) is 0.164. The topological polar surface area (TPSA) is 123 Å². The second kappa shape index (κ2) is 10.5. The fourth-order valence-corrected chi connectivity index (χ4v) is 6.11. The molecule has 1 aliphatic heterocycles. The van der Waals surface area contributed by atoms with Crippen LogP contribution >= 0.6 is 0 Å². The summed E-state index contributed by atoms with van der Waals surface area (Å²) in [5, 5.41) is 2.74. The zero-order valence-corrected chi connectivity index (χ0v) is 21.8. The van der Waals surface area contributed by atoms with E-state index < -0.39 is 15.9 Å². The van der Waals surface area contributed by atoms with Gasteiger partial charge in [-0.15, -0.1) is 0 Å². The third kappa shape index (κ3) is 5.74. The molecule has 37 heavy (non-hydrogen) atoms. The summed E-state index contributed by atoms with van der Waals surface area (Å²) in [6.07, 6.45) is 6.63. The SMILES string of the molecule is Cc1cccc(C)c1-c1cc2nc(n1)NS(=O)(=O)c1cccc(n1)C(=O)N[C@H](CC1CCCCC1)CO2. The molecule has 0 saturated heterocycles. The second-order valence-electron chi connectivity index (χ2n) is 9.87. The molecule has 2 N–H and O–H groups in total. The number of carbonyl (C=O) groups is 1. The molecule has 2 aliphatic rings. The standard InChI is InChI=1S/C27H31N5O4S/c1-17-8-6-9-18(2)25(17)22-15-23-31-27(30-22)32-37(34,35)24-13-7-12-21(29-24)26(33)28-20(16-36-23)14-19-10-4-3-5-11-19/h6-9,12-13,15,19-20H,3-5,10-11,14,16H2,1-2H3,(H,28,33)(H,30,31,32)/t20-/m1/s1. The lowest BCUT2D eigenvalue weighted by Crippen LogP contribution is -2.41. The Morgan fingerprint density at radius 2 is 1.68 bits per heavy atom. The van der Waals surface area contributed by atoms with E-state index in [4.69, 9.17) is 4.74 Å². The largest absolute Gasteiger partial charge is 0.475 e. The second-order valence-corrected chi connectivity index (χ2v) is 11.5. The first kappa shape index (κ1) is 25.1. The Labute approximate surface area is 217 Å². The lowest BCUT2D eigenvalue weighted by molar-refractivity contribution is 0.0901. The minimum Gasteiger partial charge on any atom is -0.475 e. The number of carbonyl (C=O) groups excluding carboxylic acids is 1. The van der Waals surface area contributed by atoms with Crippen LogP contribution in [0, 0.1) is 19.8 Å². The van der Waals surface area contributed by atoms with E-state index in [0.29, 0.717) is 11.6 Å². The molecule has 1 fully saturated rings. The number of rotatable bonds is 3. The van der Waals surface area contributed by atoms with E-state index in [9.17, 15) is 13.2 Å². The Morgan fingerprint density at radius 3 is 2.43 bits per heavy atom. The van der Waals surface area contributed by atoms with Crippen molar-refractivity contribution in [1.29, 1.82) is 0 Å². The molecule has 9 nitrogen and oxygen atoms in total. The Morgan fingerprint density at radius 1 is 0.946 bits per heavy atom. The zero-order valence-electron chi connectivity index (χ0n) is 21.0. The van der Waals surface area contributed by atoms with Gasteiger partial charge in [-0.25, -0.2) is 14.7 Å². The van der Waals surface area contributed by atoms with Crippen molar-refractivity contribution in [2.75, 3.05) is 11.3 Å². The van der Waals surface area contributed by atoms with Crippen molar-refractivity contribution in [3.63, 3.8) is 0 Å². The van der Waals surface area contributed by atoms with Crippen molar-refractivity contribution < 1.29 is 17.9 Å². The predicted molar refractivity (Wildman–Crippen MR) is 140 cm³/mol. The molecule has 0 unspecified atom stereocenters. The lowest BCUT2D eigenvalue weighted by Gasteiger charge is -2.27. The van der Waals surface area contributed by atoms with Crippen LogP contribution in [0.1, 0.15) is 60.1 Å². The molecule has 1 atom stereocenters. The summed E-state index contributed by atoms with van der Waals surface area (Å²) in [6, 6.07) is 11.7. The number of pyridine rings is 1. The first-order chi connectivity index (χ1) is 17.8. The molecule has 3 heterocycles. The van der Waals surface area contributed by atoms with Crippen LogP contribution in [0.4, 0.5) is 5.95 Å². The normalized spacial score (nSPS) is 19.8. The number of amides is 1. The molecule has 2 aromatic heterocycles. The quantitative estimate of drug-likeness (QED) is 0.523. The molecule has 194 valence electrons. The zero-order chi connectivity index (χ0) is 26.0. The van der Waals surface area contributed by atoms with Gasteiger partial charge in [0.05, 0.1) is 11.7 Å². The van der Waals surface area contributed by atoms with Crippen LogP contribution in [-0.4, -0.2) is 41.9 Å². The van der Waals surface area contributed by atoms with Crippen molar-refractivity contribution in [2.45, 2.75) is 63.4 Å². The molecule has 10 heteroatoms. The monoisotopic (exact) mass is 521 g/mol. The number of nitrogens with one attached hydrogen (secondary N) is 2.